The molecule has 1 aromatic carbocycles. The number of nitrogens with one attached hydrogen (secondary N) is 3. The molecular formula is C19H27N5O2S. The first kappa shape index (κ1) is 20.7. The van der Waals surface area contributed by atoms with Crippen molar-refractivity contribution in [2.45, 2.75) is 33.2 Å². The van der Waals surface area contributed by atoms with Crippen LogP contribution < -0.4 is 16.0 Å². The predicted octanol–water partition coefficient (Wildman–Crippen LogP) is 2.46. The first-order valence-corrected chi connectivity index (χ1v) is 9.91. The number of guanidine groups is 1. The Balaban J connectivity index is 1.81. The van der Waals surface area contributed by atoms with Crippen LogP contribution in [-0.2, 0) is 6.54 Å². The first-order chi connectivity index (χ1) is 13.0. The van der Waals surface area contributed by atoms with Crippen molar-refractivity contribution in [2.75, 3.05) is 19.6 Å². The second-order valence-corrected chi connectivity index (χ2v) is 7.16. The van der Waals surface area contributed by atoms with E-state index in [0.29, 0.717) is 31.5 Å². The Morgan fingerprint density at radius 2 is 1.96 bits per heavy atom. The van der Waals surface area contributed by atoms with E-state index in [1.165, 1.54) is 6.07 Å². The monoisotopic (exact) mass is 389 g/mol. The summed E-state index contributed by atoms with van der Waals surface area (Å²) in [4.78, 5) is 21.2. The van der Waals surface area contributed by atoms with Crippen LogP contribution in [0.2, 0.25) is 0 Å². The standard InChI is InChI=1S/C19H27N5O2S/c1-4-20-19(23-11-17-24-15(12-27-17)13(2)3)22-10-9-21-18(26)14-7-5-6-8-16(14)25/h5-8,12-13,25H,4,9-11H2,1-3H3,(H,21,26)(H2,20,22,23). The Morgan fingerprint density at radius 1 is 1.22 bits per heavy atom. The van der Waals surface area contributed by atoms with Gasteiger partial charge >= 0.3 is 0 Å². The molecule has 0 radical (unpaired) electrons. The lowest BCUT2D eigenvalue weighted by atomic mass is 10.2. The Morgan fingerprint density at radius 3 is 2.63 bits per heavy atom. The molecular weight excluding hydrogens is 362 g/mol. The number of amides is 1. The van der Waals surface area contributed by atoms with Crippen molar-refractivity contribution < 1.29 is 9.90 Å². The number of phenolic OH excluding ortho intramolecular Hbond substituents is 1. The summed E-state index contributed by atoms with van der Waals surface area (Å²) in [5, 5.41) is 21.9. The molecule has 2 aromatic rings. The van der Waals surface area contributed by atoms with Crippen molar-refractivity contribution in [1.29, 1.82) is 0 Å². The van der Waals surface area contributed by atoms with E-state index in [4.69, 9.17) is 0 Å². The minimum atomic E-state index is -0.305. The first-order valence-electron chi connectivity index (χ1n) is 9.04. The molecule has 27 heavy (non-hydrogen) atoms. The van der Waals surface area contributed by atoms with Gasteiger partial charge in [-0.3, -0.25) is 4.79 Å². The van der Waals surface area contributed by atoms with Crippen LogP contribution in [0.3, 0.4) is 0 Å². The summed E-state index contributed by atoms with van der Waals surface area (Å²) in [6, 6.07) is 6.47. The highest BCUT2D eigenvalue weighted by Gasteiger charge is 2.09. The smallest absolute Gasteiger partial charge is 0.255 e. The molecule has 0 fully saturated rings. The van der Waals surface area contributed by atoms with E-state index in [2.05, 4.69) is 45.2 Å². The van der Waals surface area contributed by atoms with Crippen molar-refractivity contribution >= 4 is 23.2 Å². The fourth-order valence-corrected chi connectivity index (χ4v) is 3.15. The molecule has 1 amide bonds. The highest BCUT2D eigenvalue weighted by Crippen LogP contribution is 2.18. The largest absolute Gasteiger partial charge is 0.507 e. The number of aromatic nitrogens is 1. The topological polar surface area (TPSA) is 98.6 Å². The van der Waals surface area contributed by atoms with Crippen LogP contribution in [-0.4, -0.2) is 41.6 Å². The minimum Gasteiger partial charge on any atom is -0.507 e. The summed E-state index contributed by atoms with van der Waals surface area (Å²) in [6.07, 6.45) is 0. The number of rotatable bonds is 8. The van der Waals surface area contributed by atoms with Gasteiger partial charge in [-0.2, -0.15) is 0 Å². The summed E-state index contributed by atoms with van der Waals surface area (Å²) in [6.45, 7) is 8.42. The molecule has 0 atom stereocenters. The summed E-state index contributed by atoms with van der Waals surface area (Å²) in [5.74, 6) is 0.761. The molecule has 2 rings (SSSR count). The molecule has 0 aliphatic rings. The summed E-state index contributed by atoms with van der Waals surface area (Å²) >= 11 is 1.61. The van der Waals surface area contributed by atoms with Gasteiger partial charge in [-0.1, -0.05) is 26.0 Å². The number of phenols is 1. The van der Waals surface area contributed by atoms with Gasteiger partial charge in [-0.15, -0.1) is 11.3 Å². The molecule has 0 unspecified atom stereocenters. The maximum Gasteiger partial charge on any atom is 0.255 e. The number of aliphatic imine (C=N–C) groups is 1. The highest BCUT2D eigenvalue weighted by molar-refractivity contribution is 7.09. The lowest BCUT2D eigenvalue weighted by Crippen LogP contribution is -2.41. The van der Waals surface area contributed by atoms with Crippen LogP contribution in [0.1, 0.15) is 47.7 Å². The Hall–Kier alpha value is -2.61. The fourth-order valence-electron chi connectivity index (χ4n) is 2.27. The number of para-hydroxylation sites is 1. The maximum absolute atomic E-state index is 12.1. The minimum absolute atomic E-state index is 0.0259. The second kappa shape index (κ2) is 10.5. The van der Waals surface area contributed by atoms with E-state index < -0.39 is 0 Å². The number of hydrogen-bond donors (Lipinski definition) is 4. The van der Waals surface area contributed by atoms with E-state index >= 15 is 0 Å². The second-order valence-electron chi connectivity index (χ2n) is 6.22. The normalized spacial score (nSPS) is 11.5. The summed E-state index contributed by atoms with van der Waals surface area (Å²) in [5.41, 5.74) is 1.36. The third kappa shape index (κ3) is 6.56. The summed E-state index contributed by atoms with van der Waals surface area (Å²) < 4.78 is 0. The van der Waals surface area contributed by atoms with Gasteiger partial charge in [-0.25, -0.2) is 9.98 Å². The van der Waals surface area contributed by atoms with Crippen molar-refractivity contribution in [3.05, 3.63) is 45.9 Å². The molecule has 0 saturated heterocycles. The molecule has 1 aromatic heterocycles. The van der Waals surface area contributed by atoms with E-state index in [1.807, 2.05) is 6.92 Å². The van der Waals surface area contributed by atoms with Crippen LogP contribution >= 0.6 is 11.3 Å². The number of nitrogens with zero attached hydrogens (tertiary/aromatic N) is 2. The average Bonchev–Trinajstić information content (AvgIpc) is 3.12. The average molecular weight is 390 g/mol. The van der Waals surface area contributed by atoms with Crippen molar-refractivity contribution in [3.63, 3.8) is 0 Å². The molecule has 7 nitrogen and oxygen atoms in total. The van der Waals surface area contributed by atoms with Gasteiger partial charge in [0.25, 0.3) is 5.91 Å². The molecule has 1 heterocycles. The van der Waals surface area contributed by atoms with Crippen molar-refractivity contribution in [1.82, 2.24) is 20.9 Å². The van der Waals surface area contributed by atoms with E-state index in [1.54, 1.807) is 29.5 Å². The molecule has 8 heteroatoms. The maximum atomic E-state index is 12.1. The van der Waals surface area contributed by atoms with Gasteiger partial charge in [0, 0.05) is 25.0 Å². The fraction of sp³-hybridized carbons (Fsp3) is 0.421. The quantitative estimate of drug-likeness (QED) is 0.316. The third-order valence-electron chi connectivity index (χ3n) is 3.73. The van der Waals surface area contributed by atoms with Gasteiger partial charge in [0.15, 0.2) is 5.96 Å². The number of carbonyl (C=O) groups is 1. The van der Waals surface area contributed by atoms with Crippen LogP contribution in [0.15, 0.2) is 34.6 Å². The van der Waals surface area contributed by atoms with E-state index in [9.17, 15) is 9.90 Å². The Kier molecular flexibility index (Phi) is 8.06. The zero-order chi connectivity index (χ0) is 19.6. The van der Waals surface area contributed by atoms with Gasteiger partial charge in [-0.05, 0) is 25.0 Å². The van der Waals surface area contributed by atoms with Gasteiger partial charge < -0.3 is 21.1 Å². The molecule has 0 spiro atoms. The third-order valence-corrected chi connectivity index (χ3v) is 4.58. The van der Waals surface area contributed by atoms with E-state index in [-0.39, 0.29) is 17.2 Å². The Bertz CT molecular complexity index is 773. The molecule has 0 aliphatic heterocycles. The molecule has 0 bridgehead atoms. The molecule has 0 aliphatic carbocycles. The zero-order valence-corrected chi connectivity index (χ0v) is 16.8. The van der Waals surface area contributed by atoms with Crippen molar-refractivity contribution in [2.24, 2.45) is 4.99 Å². The zero-order valence-electron chi connectivity index (χ0n) is 16.0. The van der Waals surface area contributed by atoms with Gasteiger partial charge in [0.2, 0.25) is 0 Å². The van der Waals surface area contributed by atoms with Crippen molar-refractivity contribution in [3.8, 4) is 5.75 Å². The van der Waals surface area contributed by atoms with Crippen LogP contribution in [0, 0.1) is 0 Å². The molecule has 4 N–H and O–H groups in total. The number of benzene rings is 1. The highest BCUT2D eigenvalue weighted by atomic mass is 32.1. The number of aromatic hydroxyl groups is 1. The van der Waals surface area contributed by atoms with Crippen LogP contribution in [0.5, 0.6) is 5.75 Å². The van der Waals surface area contributed by atoms with Crippen LogP contribution in [0.4, 0.5) is 0 Å². The lowest BCUT2D eigenvalue weighted by molar-refractivity contribution is 0.0951. The number of thiazole rings is 1. The summed E-state index contributed by atoms with van der Waals surface area (Å²) in [7, 11) is 0. The number of hydrogen-bond acceptors (Lipinski definition) is 5. The van der Waals surface area contributed by atoms with Gasteiger partial charge in [0.1, 0.15) is 10.8 Å². The lowest BCUT2D eigenvalue weighted by Gasteiger charge is -2.12. The number of carbonyl (C=O) groups excluding carboxylic acids is 1. The SMILES string of the molecule is CCNC(=NCc1nc(C(C)C)cs1)NCCNC(=O)c1ccccc1O. The molecule has 146 valence electrons. The van der Waals surface area contributed by atoms with Gasteiger partial charge in [0.05, 0.1) is 17.8 Å². The van der Waals surface area contributed by atoms with Crippen LogP contribution in [0.25, 0.3) is 0 Å². The van der Waals surface area contributed by atoms with E-state index in [0.717, 1.165) is 17.2 Å². The Labute approximate surface area is 163 Å². The molecule has 0 saturated carbocycles. The predicted molar refractivity (Wildman–Crippen MR) is 109 cm³/mol.